The van der Waals surface area contributed by atoms with Crippen molar-refractivity contribution < 1.29 is 8.42 Å². The first-order chi connectivity index (χ1) is 12.5. The summed E-state index contributed by atoms with van der Waals surface area (Å²) in [7, 11) is -3.31. The first-order valence-electron chi connectivity index (χ1n) is 7.98. The third-order valence-electron chi connectivity index (χ3n) is 4.18. The van der Waals surface area contributed by atoms with Crippen LogP contribution in [0.25, 0.3) is 33.2 Å². The van der Waals surface area contributed by atoms with Crippen LogP contribution in [0.15, 0.2) is 78.3 Å². The van der Waals surface area contributed by atoms with Crippen LogP contribution in [0.4, 0.5) is 0 Å². The molecule has 5 nitrogen and oxygen atoms in total. The minimum Gasteiger partial charge on any atom is -0.265 e. The van der Waals surface area contributed by atoms with Gasteiger partial charge in [-0.25, -0.2) is 13.4 Å². The number of nitrogens with zero attached hydrogens (tertiary/aromatic N) is 3. The van der Waals surface area contributed by atoms with Gasteiger partial charge in [-0.2, -0.15) is 0 Å². The molecule has 4 rings (SSSR count). The predicted molar refractivity (Wildman–Crippen MR) is 101 cm³/mol. The molecule has 0 aliphatic heterocycles. The number of hydrogen-bond donors (Lipinski definition) is 0. The topological polar surface area (TPSA) is 72.8 Å². The number of fused-ring (bicyclic) bond motifs is 1. The highest BCUT2D eigenvalue weighted by Gasteiger charge is 2.10. The fourth-order valence-corrected chi connectivity index (χ4v) is 3.44. The molecular weight excluding hydrogens is 346 g/mol. The standard InChI is InChI=1S/C20H15N3O2S/c1-26(24,25)20-5-3-16(13-23-20)15-2-4-19-18(12-15)17(8-11-22-19)14-6-9-21-10-7-14/h2-13H,1H3. The fraction of sp³-hybridized carbons (Fsp3) is 0.0500. The third kappa shape index (κ3) is 3.07. The summed E-state index contributed by atoms with van der Waals surface area (Å²) < 4.78 is 23.2. The summed E-state index contributed by atoms with van der Waals surface area (Å²) in [5, 5.41) is 1.09. The first kappa shape index (κ1) is 16.4. The van der Waals surface area contributed by atoms with Crippen LogP contribution in [0, 0.1) is 0 Å². The smallest absolute Gasteiger partial charge is 0.192 e. The highest BCUT2D eigenvalue weighted by molar-refractivity contribution is 7.90. The van der Waals surface area contributed by atoms with Gasteiger partial charge in [0.25, 0.3) is 0 Å². The summed E-state index contributed by atoms with van der Waals surface area (Å²) in [6.45, 7) is 0. The molecule has 0 fully saturated rings. The molecule has 0 unspecified atom stereocenters. The second kappa shape index (κ2) is 6.31. The number of aromatic nitrogens is 3. The molecule has 3 heterocycles. The average molecular weight is 361 g/mol. The monoisotopic (exact) mass is 361 g/mol. The van der Waals surface area contributed by atoms with Gasteiger partial charge in [-0.1, -0.05) is 6.07 Å². The minimum absolute atomic E-state index is 0.0705. The molecule has 0 spiro atoms. The Kier molecular flexibility index (Phi) is 3.97. The van der Waals surface area contributed by atoms with Crippen LogP contribution in [0.2, 0.25) is 0 Å². The number of benzene rings is 1. The number of rotatable bonds is 3. The van der Waals surface area contributed by atoms with Gasteiger partial charge in [-0.15, -0.1) is 0 Å². The highest BCUT2D eigenvalue weighted by Crippen LogP contribution is 2.30. The van der Waals surface area contributed by atoms with Crippen molar-refractivity contribution in [2.24, 2.45) is 0 Å². The van der Waals surface area contributed by atoms with Gasteiger partial charge < -0.3 is 0 Å². The maximum Gasteiger partial charge on any atom is 0.192 e. The lowest BCUT2D eigenvalue weighted by Gasteiger charge is -2.09. The SMILES string of the molecule is CS(=O)(=O)c1ccc(-c2ccc3nccc(-c4ccncc4)c3c2)cn1. The zero-order valence-electron chi connectivity index (χ0n) is 14.0. The molecule has 6 heteroatoms. The third-order valence-corrected chi connectivity index (χ3v) is 5.18. The summed E-state index contributed by atoms with van der Waals surface area (Å²) >= 11 is 0. The minimum atomic E-state index is -3.31. The molecule has 0 saturated carbocycles. The second-order valence-corrected chi connectivity index (χ2v) is 7.95. The van der Waals surface area contributed by atoms with Crippen LogP contribution in [-0.2, 0) is 9.84 Å². The summed E-state index contributed by atoms with van der Waals surface area (Å²) in [5.74, 6) is 0. The molecule has 26 heavy (non-hydrogen) atoms. The second-order valence-electron chi connectivity index (χ2n) is 5.98. The predicted octanol–water partition coefficient (Wildman–Crippen LogP) is 3.76. The summed E-state index contributed by atoms with van der Waals surface area (Å²) in [6, 6.07) is 15.2. The average Bonchev–Trinajstić information content (AvgIpc) is 2.67. The Morgan fingerprint density at radius 3 is 2.23 bits per heavy atom. The Bertz CT molecular complexity index is 1190. The lowest BCUT2D eigenvalue weighted by molar-refractivity contribution is 0.598. The molecule has 128 valence electrons. The zero-order valence-corrected chi connectivity index (χ0v) is 14.8. The normalized spacial score (nSPS) is 11.6. The summed E-state index contributed by atoms with van der Waals surface area (Å²) in [6.07, 6.45) is 8.05. The van der Waals surface area contributed by atoms with E-state index < -0.39 is 9.84 Å². The molecule has 3 aromatic heterocycles. The first-order valence-corrected chi connectivity index (χ1v) is 9.87. The maximum atomic E-state index is 11.6. The molecule has 0 atom stereocenters. The summed E-state index contributed by atoms with van der Waals surface area (Å²) in [4.78, 5) is 12.6. The van der Waals surface area contributed by atoms with E-state index in [2.05, 4.69) is 21.0 Å². The van der Waals surface area contributed by atoms with Crippen LogP contribution in [0.1, 0.15) is 0 Å². The van der Waals surface area contributed by atoms with E-state index in [1.807, 2.05) is 30.3 Å². The van der Waals surface area contributed by atoms with Gasteiger partial charge in [0.1, 0.15) is 0 Å². The maximum absolute atomic E-state index is 11.6. The van der Waals surface area contributed by atoms with E-state index in [1.165, 1.54) is 6.07 Å². The van der Waals surface area contributed by atoms with Crippen molar-refractivity contribution in [1.82, 2.24) is 15.0 Å². The van der Waals surface area contributed by atoms with Crippen molar-refractivity contribution in [3.05, 3.63) is 73.3 Å². The molecular formula is C20H15N3O2S. The molecule has 0 N–H and O–H groups in total. The highest BCUT2D eigenvalue weighted by atomic mass is 32.2. The van der Waals surface area contributed by atoms with Gasteiger partial charge in [0.05, 0.1) is 5.52 Å². The summed E-state index contributed by atoms with van der Waals surface area (Å²) in [5.41, 5.74) is 4.83. The van der Waals surface area contributed by atoms with Crippen molar-refractivity contribution in [1.29, 1.82) is 0 Å². The molecule has 0 radical (unpaired) electrons. The molecule has 0 aliphatic rings. The van der Waals surface area contributed by atoms with Crippen LogP contribution >= 0.6 is 0 Å². The number of pyridine rings is 3. The van der Waals surface area contributed by atoms with Crippen LogP contribution < -0.4 is 0 Å². The van der Waals surface area contributed by atoms with Gasteiger partial charge in [0.15, 0.2) is 14.9 Å². The Morgan fingerprint density at radius 1 is 0.769 bits per heavy atom. The molecule has 0 bridgehead atoms. The number of hydrogen-bond acceptors (Lipinski definition) is 5. The van der Waals surface area contributed by atoms with Crippen molar-refractivity contribution in [3.63, 3.8) is 0 Å². The van der Waals surface area contributed by atoms with E-state index in [0.717, 1.165) is 39.4 Å². The molecule has 0 saturated heterocycles. The quantitative estimate of drug-likeness (QED) is 0.555. The van der Waals surface area contributed by atoms with Gasteiger partial charge in [0, 0.05) is 42.0 Å². The van der Waals surface area contributed by atoms with E-state index >= 15 is 0 Å². The lowest BCUT2D eigenvalue weighted by Crippen LogP contribution is -1.99. The number of sulfone groups is 1. The van der Waals surface area contributed by atoms with Crippen molar-refractivity contribution in [3.8, 4) is 22.3 Å². The van der Waals surface area contributed by atoms with Crippen LogP contribution in [0.3, 0.4) is 0 Å². The molecule has 0 amide bonds. The van der Waals surface area contributed by atoms with Gasteiger partial charge >= 0.3 is 0 Å². The van der Waals surface area contributed by atoms with E-state index in [9.17, 15) is 8.42 Å². The molecule has 0 aliphatic carbocycles. The van der Waals surface area contributed by atoms with E-state index in [1.54, 1.807) is 30.9 Å². The lowest BCUT2D eigenvalue weighted by atomic mass is 9.98. The Labute approximate surface area is 151 Å². The Morgan fingerprint density at radius 2 is 1.54 bits per heavy atom. The van der Waals surface area contributed by atoms with Gasteiger partial charge in [-0.3, -0.25) is 9.97 Å². The van der Waals surface area contributed by atoms with Gasteiger partial charge in [0.2, 0.25) is 0 Å². The van der Waals surface area contributed by atoms with Crippen LogP contribution in [-0.4, -0.2) is 29.6 Å². The van der Waals surface area contributed by atoms with Crippen molar-refractivity contribution in [2.45, 2.75) is 5.03 Å². The van der Waals surface area contributed by atoms with Crippen molar-refractivity contribution in [2.75, 3.05) is 6.26 Å². The van der Waals surface area contributed by atoms with E-state index in [-0.39, 0.29) is 5.03 Å². The van der Waals surface area contributed by atoms with E-state index in [4.69, 9.17) is 0 Å². The molecule has 4 aromatic rings. The largest absolute Gasteiger partial charge is 0.265 e. The molecule has 1 aromatic carbocycles. The fourth-order valence-electron chi connectivity index (χ4n) is 2.88. The zero-order chi connectivity index (χ0) is 18.1. The Balaban J connectivity index is 1.85. The van der Waals surface area contributed by atoms with Gasteiger partial charge in [-0.05, 0) is 59.2 Å². The Hall–Kier alpha value is -3.12. The van der Waals surface area contributed by atoms with Crippen molar-refractivity contribution >= 4 is 20.7 Å². The van der Waals surface area contributed by atoms with Crippen LogP contribution in [0.5, 0.6) is 0 Å². The van der Waals surface area contributed by atoms with E-state index in [0.29, 0.717) is 0 Å².